The molecule has 1 amide bonds. The number of nitrogens with zero attached hydrogens (tertiary/aromatic N) is 1. The number of hydrogen-bond acceptors (Lipinski definition) is 3. The van der Waals surface area contributed by atoms with Crippen molar-refractivity contribution in [1.82, 2.24) is 4.90 Å². The van der Waals surface area contributed by atoms with Gasteiger partial charge in [-0.15, -0.1) is 0 Å². The summed E-state index contributed by atoms with van der Waals surface area (Å²) in [6.07, 6.45) is 2.10. The molecule has 0 saturated carbocycles. The number of benzene rings is 1. The molecule has 18 heavy (non-hydrogen) atoms. The Hall–Kier alpha value is -1.71. The number of amides is 1. The highest BCUT2D eigenvalue weighted by atomic mass is 16.3. The van der Waals surface area contributed by atoms with Gasteiger partial charge in [0.1, 0.15) is 11.5 Å². The Morgan fingerprint density at radius 2 is 2.06 bits per heavy atom. The summed E-state index contributed by atoms with van der Waals surface area (Å²) in [7, 11) is 0. The molecule has 2 rings (SSSR count). The second kappa shape index (κ2) is 4.88. The van der Waals surface area contributed by atoms with Crippen molar-refractivity contribution in [3.8, 4) is 11.5 Å². The number of carbonyl (C=O) groups is 1. The minimum atomic E-state index is -0.206. The lowest BCUT2D eigenvalue weighted by Gasteiger charge is -2.38. The fraction of sp³-hybridized carbons (Fsp3) is 0.500. The van der Waals surface area contributed by atoms with Crippen LogP contribution in [0.4, 0.5) is 0 Å². The topological polar surface area (TPSA) is 60.8 Å². The highest BCUT2D eigenvalue weighted by Crippen LogP contribution is 2.28. The summed E-state index contributed by atoms with van der Waals surface area (Å²) >= 11 is 0. The van der Waals surface area contributed by atoms with E-state index in [0.29, 0.717) is 12.5 Å². The van der Waals surface area contributed by atoms with Gasteiger partial charge in [-0.25, -0.2) is 0 Å². The lowest BCUT2D eigenvalue weighted by Crippen LogP contribution is -2.46. The highest BCUT2D eigenvalue weighted by Gasteiger charge is 2.30. The van der Waals surface area contributed by atoms with Crippen molar-refractivity contribution in [1.29, 1.82) is 0 Å². The predicted molar refractivity (Wildman–Crippen MR) is 68.7 cm³/mol. The van der Waals surface area contributed by atoms with Crippen LogP contribution in [0.25, 0.3) is 0 Å². The van der Waals surface area contributed by atoms with Gasteiger partial charge in [-0.05, 0) is 43.9 Å². The molecule has 2 N–H and O–H groups in total. The molecule has 2 unspecified atom stereocenters. The second-order valence-electron chi connectivity index (χ2n) is 5.06. The Morgan fingerprint density at radius 3 is 2.78 bits per heavy atom. The monoisotopic (exact) mass is 249 g/mol. The molecule has 0 aromatic heterocycles. The zero-order valence-electron chi connectivity index (χ0n) is 10.8. The fourth-order valence-corrected chi connectivity index (χ4v) is 2.47. The molecule has 1 aromatic carbocycles. The lowest BCUT2D eigenvalue weighted by molar-refractivity contribution is 0.0547. The van der Waals surface area contributed by atoms with E-state index in [1.54, 1.807) is 4.90 Å². The molecule has 4 nitrogen and oxygen atoms in total. The zero-order chi connectivity index (χ0) is 13.3. The third-order valence-electron chi connectivity index (χ3n) is 3.85. The fourth-order valence-electron chi connectivity index (χ4n) is 2.47. The first-order valence-corrected chi connectivity index (χ1v) is 6.33. The van der Waals surface area contributed by atoms with Crippen LogP contribution in [0.5, 0.6) is 11.5 Å². The van der Waals surface area contributed by atoms with E-state index in [-0.39, 0.29) is 29.0 Å². The van der Waals surface area contributed by atoms with Gasteiger partial charge in [0, 0.05) is 12.6 Å². The normalized spacial score (nSPS) is 24.0. The molecule has 2 atom stereocenters. The quantitative estimate of drug-likeness (QED) is 0.751. The van der Waals surface area contributed by atoms with Gasteiger partial charge in [0.25, 0.3) is 5.91 Å². The molecule has 1 aliphatic rings. The van der Waals surface area contributed by atoms with Gasteiger partial charge in [0.15, 0.2) is 0 Å². The SMILES string of the molecule is CC1CCCN(C(=O)c2cc(O)ccc2O)C1C. The van der Waals surface area contributed by atoms with Crippen LogP contribution in [0, 0.1) is 5.92 Å². The third kappa shape index (κ3) is 2.28. The average molecular weight is 249 g/mol. The number of rotatable bonds is 1. The van der Waals surface area contributed by atoms with Gasteiger partial charge in [0.05, 0.1) is 5.56 Å². The lowest BCUT2D eigenvalue weighted by atomic mass is 9.91. The van der Waals surface area contributed by atoms with Gasteiger partial charge in [-0.2, -0.15) is 0 Å². The van der Waals surface area contributed by atoms with E-state index >= 15 is 0 Å². The first-order valence-electron chi connectivity index (χ1n) is 6.33. The van der Waals surface area contributed by atoms with Crippen LogP contribution < -0.4 is 0 Å². The summed E-state index contributed by atoms with van der Waals surface area (Å²) in [4.78, 5) is 14.2. The summed E-state index contributed by atoms with van der Waals surface area (Å²) in [5.74, 6) is 0.168. The number of likely N-dealkylation sites (tertiary alicyclic amines) is 1. The maximum atomic E-state index is 12.4. The van der Waals surface area contributed by atoms with Crippen molar-refractivity contribution in [2.24, 2.45) is 5.92 Å². The van der Waals surface area contributed by atoms with E-state index in [2.05, 4.69) is 6.92 Å². The largest absolute Gasteiger partial charge is 0.508 e. The Bertz CT molecular complexity index is 458. The average Bonchev–Trinajstić information content (AvgIpc) is 2.35. The smallest absolute Gasteiger partial charge is 0.257 e. The number of phenolic OH excluding ortho intramolecular Hbond substituents is 2. The standard InChI is InChI=1S/C14H19NO3/c1-9-4-3-7-15(10(9)2)14(18)12-8-11(16)5-6-13(12)17/h5-6,8-10,16-17H,3-4,7H2,1-2H3. The molecule has 98 valence electrons. The minimum Gasteiger partial charge on any atom is -0.508 e. The Morgan fingerprint density at radius 1 is 1.33 bits per heavy atom. The van der Waals surface area contributed by atoms with E-state index in [1.165, 1.54) is 18.2 Å². The first-order chi connectivity index (χ1) is 8.50. The van der Waals surface area contributed by atoms with Gasteiger partial charge in [-0.1, -0.05) is 6.92 Å². The summed E-state index contributed by atoms with van der Waals surface area (Å²) in [6.45, 7) is 4.87. The van der Waals surface area contributed by atoms with Gasteiger partial charge < -0.3 is 15.1 Å². The van der Waals surface area contributed by atoms with Crippen molar-refractivity contribution >= 4 is 5.91 Å². The highest BCUT2D eigenvalue weighted by molar-refractivity contribution is 5.97. The van der Waals surface area contributed by atoms with Crippen molar-refractivity contribution in [2.45, 2.75) is 32.7 Å². The molecule has 1 saturated heterocycles. The molecule has 1 aliphatic heterocycles. The van der Waals surface area contributed by atoms with E-state index in [9.17, 15) is 15.0 Å². The van der Waals surface area contributed by atoms with Crippen molar-refractivity contribution in [2.75, 3.05) is 6.54 Å². The van der Waals surface area contributed by atoms with Crippen LogP contribution >= 0.6 is 0 Å². The summed E-state index contributed by atoms with van der Waals surface area (Å²) < 4.78 is 0. The Balaban J connectivity index is 2.27. The number of carbonyl (C=O) groups excluding carboxylic acids is 1. The van der Waals surface area contributed by atoms with Crippen LogP contribution in [0.15, 0.2) is 18.2 Å². The van der Waals surface area contributed by atoms with Gasteiger partial charge in [-0.3, -0.25) is 4.79 Å². The second-order valence-corrected chi connectivity index (χ2v) is 5.06. The Kier molecular flexibility index (Phi) is 3.45. The molecule has 0 aliphatic carbocycles. The number of phenols is 2. The first kappa shape index (κ1) is 12.7. The van der Waals surface area contributed by atoms with E-state index in [0.717, 1.165) is 12.8 Å². The predicted octanol–water partition coefficient (Wildman–Crippen LogP) is 2.36. The van der Waals surface area contributed by atoms with Crippen molar-refractivity contribution in [3.63, 3.8) is 0 Å². The van der Waals surface area contributed by atoms with Crippen LogP contribution in [0.2, 0.25) is 0 Å². The molecule has 1 fully saturated rings. The third-order valence-corrected chi connectivity index (χ3v) is 3.85. The van der Waals surface area contributed by atoms with Crippen LogP contribution in [0.3, 0.4) is 0 Å². The molecular formula is C14H19NO3. The molecular weight excluding hydrogens is 230 g/mol. The van der Waals surface area contributed by atoms with E-state index < -0.39 is 0 Å². The maximum Gasteiger partial charge on any atom is 0.257 e. The maximum absolute atomic E-state index is 12.4. The van der Waals surface area contributed by atoms with Crippen LogP contribution in [0.1, 0.15) is 37.0 Å². The summed E-state index contributed by atoms with van der Waals surface area (Å²) in [5.41, 5.74) is 0.177. The Labute approximate surface area is 107 Å². The number of piperidine rings is 1. The summed E-state index contributed by atoms with van der Waals surface area (Å²) in [6, 6.07) is 4.20. The molecule has 1 heterocycles. The minimum absolute atomic E-state index is 0.00568. The molecule has 0 bridgehead atoms. The molecule has 0 radical (unpaired) electrons. The van der Waals surface area contributed by atoms with Crippen LogP contribution in [-0.2, 0) is 0 Å². The summed E-state index contributed by atoms with van der Waals surface area (Å²) in [5, 5.41) is 19.2. The molecule has 1 aromatic rings. The van der Waals surface area contributed by atoms with Crippen molar-refractivity contribution in [3.05, 3.63) is 23.8 Å². The van der Waals surface area contributed by atoms with E-state index in [1.807, 2.05) is 6.92 Å². The number of hydrogen-bond donors (Lipinski definition) is 2. The molecule has 0 spiro atoms. The van der Waals surface area contributed by atoms with Crippen molar-refractivity contribution < 1.29 is 15.0 Å². The molecule has 4 heteroatoms. The van der Waals surface area contributed by atoms with Gasteiger partial charge in [0.2, 0.25) is 0 Å². The zero-order valence-corrected chi connectivity index (χ0v) is 10.8. The van der Waals surface area contributed by atoms with Crippen LogP contribution in [-0.4, -0.2) is 33.6 Å². The van der Waals surface area contributed by atoms with Gasteiger partial charge >= 0.3 is 0 Å². The number of aromatic hydroxyl groups is 2. The van der Waals surface area contributed by atoms with E-state index in [4.69, 9.17) is 0 Å².